The summed E-state index contributed by atoms with van der Waals surface area (Å²) in [4.78, 5) is 12.5. The Morgan fingerprint density at radius 3 is 2.82 bits per heavy atom. The van der Waals surface area contributed by atoms with Gasteiger partial charge in [-0.15, -0.1) is 5.10 Å². The topological polar surface area (TPSA) is 69.0 Å². The van der Waals surface area contributed by atoms with Gasteiger partial charge in [0.2, 0.25) is 0 Å². The van der Waals surface area contributed by atoms with E-state index in [4.69, 9.17) is 4.74 Å². The monoisotopic (exact) mass is 370 g/mol. The van der Waals surface area contributed by atoms with Gasteiger partial charge in [-0.2, -0.15) is 0 Å². The molecule has 1 aliphatic rings. The molecule has 1 aromatic heterocycles. The second-order valence-corrected chi connectivity index (χ2v) is 6.81. The van der Waals surface area contributed by atoms with Gasteiger partial charge in [0.25, 0.3) is 5.91 Å². The van der Waals surface area contributed by atoms with Crippen LogP contribution < -0.4 is 10.1 Å². The van der Waals surface area contributed by atoms with Gasteiger partial charge in [0.1, 0.15) is 11.3 Å². The predicted octanol–water partition coefficient (Wildman–Crippen LogP) is 3.67. The molecule has 0 fully saturated rings. The molecule has 6 heteroatoms. The van der Waals surface area contributed by atoms with Gasteiger partial charge in [0, 0.05) is 17.7 Å². The molecule has 1 amide bonds. The number of hydrogen-bond donors (Lipinski definition) is 1. The predicted molar refractivity (Wildman–Crippen MR) is 107 cm³/mol. The summed E-state index contributed by atoms with van der Waals surface area (Å²) in [6.45, 7) is 1.31. The number of fused-ring (bicyclic) bond motifs is 2. The smallest absolute Gasteiger partial charge is 0.255 e. The quantitative estimate of drug-likeness (QED) is 0.595. The highest BCUT2D eigenvalue weighted by Crippen LogP contribution is 2.28. The van der Waals surface area contributed by atoms with Crippen molar-refractivity contribution in [3.05, 3.63) is 83.4 Å². The van der Waals surface area contributed by atoms with Gasteiger partial charge in [-0.05, 0) is 53.6 Å². The molecule has 1 N–H and O–H groups in total. The number of carbonyl (C=O) groups is 1. The molecule has 0 atom stereocenters. The summed E-state index contributed by atoms with van der Waals surface area (Å²) in [5.41, 5.74) is 5.45. The second-order valence-electron chi connectivity index (χ2n) is 6.81. The second kappa shape index (κ2) is 6.81. The zero-order chi connectivity index (χ0) is 18.9. The molecule has 5 rings (SSSR count). The highest BCUT2D eigenvalue weighted by molar-refractivity contribution is 6.04. The summed E-state index contributed by atoms with van der Waals surface area (Å²) < 4.78 is 7.36. The zero-order valence-electron chi connectivity index (χ0n) is 15.1. The highest BCUT2D eigenvalue weighted by atomic mass is 16.5. The van der Waals surface area contributed by atoms with E-state index in [9.17, 15) is 4.79 Å². The lowest BCUT2D eigenvalue weighted by molar-refractivity contribution is 0.102. The Kier molecular flexibility index (Phi) is 4.01. The van der Waals surface area contributed by atoms with Crippen molar-refractivity contribution in [2.75, 3.05) is 11.9 Å². The number of para-hydroxylation sites is 1. The molecule has 0 aliphatic carbocycles. The summed E-state index contributed by atoms with van der Waals surface area (Å²) >= 11 is 0. The van der Waals surface area contributed by atoms with Crippen LogP contribution in [0.15, 0.2) is 66.7 Å². The average Bonchev–Trinajstić information content (AvgIpc) is 3.35. The first-order chi connectivity index (χ1) is 13.8. The lowest BCUT2D eigenvalue weighted by atomic mass is 10.1. The summed E-state index contributed by atoms with van der Waals surface area (Å²) in [5.74, 6) is 0.777. The van der Waals surface area contributed by atoms with E-state index >= 15 is 0 Å². The minimum atomic E-state index is -0.128. The zero-order valence-corrected chi connectivity index (χ0v) is 15.1. The Balaban J connectivity index is 1.30. The highest BCUT2D eigenvalue weighted by Gasteiger charge is 2.13. The maximum atomic E-state index is 12.5. The third kappa shape index (κ3) is 3.09. The van der Waals surface area contributed by atoms with Crippen LogP contribution in [0.2, 0.25) is 0 Å². The molecule has 0 unspecified atom stereocenters. The molecule has 0 saturated heterocycles. The van der Waals surface area contributed by atoms with Gasteiger partial charge in [0.05, 0.1) is 18.7 Å². The van der Waals surface area contributed by atoms with Crippen molar-refractivity contribution in [1.29, 1.82) is 0 Å². The summed E-state index contributed by atoms with van der Waals surface area (Å²) in [7, 11) is 0. The maximum Gasteiger partial charge on any atom is 0.255 e. The van der Waals surface area contributed by atoms with Crippen molar-refractivity contribution in [1.82, 2.24) is 15.0 Å². The van der Waals surface area contributed by atoms with Crippen molar-refractivity contribution in [3.63, 3.8) is 0 Å². The van der Waals surface area contributed by atoms with Crippen LogP contribution in [0.25, 0.3) is 11.0 Å². The molecule has 0 radical (unpaired) electrons. The van der Waals surface area contributed by atoms with Crippen LogP contribution >= 0.6 is 0 Å². The Hall–Kier alpha value is -3.67. The minimum Gasteiger partial charge on any atom is -0.493 e. The van der Waals surface area contributed by atoms with Crippen molar-refractivity contribution >= 4 is 22.6 Å². The van der Waals surface area contributed by atoms with Gasteiger partial charge < -0.3 is 10.1 Å². The molecular weight excluding hydrogens is 352 g/mol. The van der Waals surface area contributed by atoms with Gasteiger partial charge in [0.15, 0.2) is 0 Å². The van der Waals surface area contributed by atoms with E-state index in [0.29, 0.717) is 18.7 Å². The van der Waals surface area contributed by atoms with Crippen molar-refractivity contribution in [2.45, 2.75) is 13.0 Å². The van der Waals surface area contributed by atoms with E-state index in [1.165, 1.54) is 0 Å². The average molecular weight is 370 g/mol. The lowest BCUT2D eigenvalue weighted by Gasteiger charge is -2.08. The van der Waals surface area contributed by atoms with Crippen molar-refractivity contribution in [2.24, 2.45) is 0 Å². The van der Waals surface area contributed by atoms with E-state index in [2.05, 4.69) is 15.6 Å². The number of aromatic nitrogens is 3. The fourth-order valence-corrected chi connectivity index (χ4v) is 3.44. The number of rotatable bonds is 4. The van der Waals surface area contributed by atoms with Gasteiger partial charge >= 0.3 is 0 Å². The Morgan fingerprint density at radius 1 is 1.07 bits per heavy atom. The fraction of sp³-hybridized carbons (Fsp3) is 0.136. The largest absolute Gasteiger partial charge is 0.493 e. The van der Waals surface area contributed by atoms with E-state index in [1.807, 2.05) is 71.4 Å². The molecule has 0 spiro atoms. The molecule has 138 valence electrons. The van der Waals surface area contributed by atoms with Crippen LogP contribution in [0.5, 0.6) is 5.75 Å². The SMILES string of the molecule is O=C(Nc1ccc2c(c1)CCO2)c1ccc(Cn2nnc3ccccc32)cc1. The number of amides is 1. The van der Waals surface area contributed by atoms with Crippen LogP contribution in [0, 0.1) is 0 Å². The summed E-state index contributed by atoms with van der Waals surface area (Å²) in [5, 5.41) is 11.3. The third-order valence-electron chi connectivity index (χ3n) is 4.92. The molecule has 2 heterocycles. The number of benzene rings is 3. The Bertz CT molecular complexity index is 1160. The third-order valence-corrected chi connectivity index (χ3v) is 4.92. The van der Waals surface area contributed by atoms with Crippen LogP contribution in [0.3, 0.4) is 0 Å². The Labute approximate surface area is 161 Å². The number of nitrogens with one attached hydrogen (secondary N) is 1. The first-order valence-electron chi connectivity index (χ1n) is 9.20. The van der Waals surface area contributed by atoms with E-state index in [-0.39, 0.29) is 5.91 Å². The molecule has 28 heavy (non-hydrogen) atoms. The molecule has 4 aromatic rings. The number of nitrogens with zero attached hydrogens (tertiary/aromatic N) is 3. The van der Waals surface area contributed by atoms with E-state index in [1.54, 1.807) is 0 Å². The van der Waals surface area contributed by atoms with Gasteiger partial charge in [-0.25, -0.2) is 4.68 Å². The number of anilines is 1. The van der Waals surface area contributed by atoms with E-state index in [0.717, 1.165) is 40.0 Å². The maximum absolute atomic E-state index is 12.5. The van der Waals surface area contributed by atoms with Crippen LogP contribution in [0.4, 0.5) is 5.69 Å². The van der Waals surface area contributed by atoms with E-state index < -0.39 is 0 Å². The number of carbonyl (C=O) groups excluding carboxylic acids is 1. The lowest BCUT2D eigenvalue weighted by Crippen LogP contribution is -2.12. The first-order valence-corrected chi connectivity index (χ1v) is 9.20. The fourth-order valence-electron chi connectivity index (χ4n) is 3.44. The van der Waals surface area contributed by atoms with Crippen LogP contribution in [-0.2, 0) is 13.0 Å². The molecule has 0 bridgehead atoms. The Morgan fingerprint density at radius 2 is 1.93 bits per heavy atom. The standard InChI is InChI=1S/C22H18N4O2/c27-22(23-18-9-10-21-17(13-18)11-12-28-21)16-7-5-15(6-8-16)14-26-20-4-2-1-3-19(20)24-25-26/h1-10,13H,11-12,14H2,(H,23,27). The normalized spacial score (nSPS) is 12.6. The number of ether oxygens (including phenoxy) is 1. The molecule has 0 saturated carbocycles. The summed E-state index contributed by atoms with van der Waals surface area (Å²) in [6, 6.07) is 21.2. The van der Waals surface area contributed by atoms with Crippen LogP contribution in [0.1, 0.15) is 21.5 Å². The molecule has 1 aliphatic heterocycles. The van der Waals surface area contributed by atoms with Gasteiger partial charge in [-0.1, -0.05) is 29.5 Å². The minimum absolute atomic E-state index is 0.128. The van der Waals surface area contributed by atoms with Crippen molar-refractivity contribution < 1.29 is 9.53 Å². The van der Waals surface area contributed by atoms with Crippen LogP contribution in [-0.4, -0.2) is 27.5 Å². The summed E-state index contributed by atoms with van der Waals surface area (Å²) in [6.07, 6.45) is 0.880. The number of hydrogen-bond acceptors (Lipinski definition) is 4. The molecule has 3 aromatic carbocycles. The van der Waals surface area contributed by atoms with Crippen molar-refractivity contribution in [3.8, 4) is 5.75 Å². The molecular formula is C22H18N4O2. The first kappa shape index (κ1) is 16.5. The van der Waals surface area contributed by atoms with Gasteiger partial charge in [-0.3, -0.25) is 4.79 Å². The molecule has 6 nitrogen and oxygen atoms in total.